The highest BCUT2D eigenvalue weighted by Gasteiger charge is 2.30. The Morgan fingerprint density at radius 3 is 3.00 bits per heavy atom. The van der Waals surface area contributed by atoms with Gasteiger partial charge in [-0.2, -0.15) is 0 Å². The molecule has 1 aliphatic heterocycles. The number of imidazole rings is 1. The lowest BCUT2D eigenvalue weighted by molar-refractivity contribution is 0.181. The molecule has 2 N–H and O–H groups in total. The molecule has 4 rings (SSSR count). The fourth-order valence-electron chi connectivity index (χ4n) is 3.29. The van der Waals surface area contributed by atoms with Gasteiger partial charge in [-0.05, 0) is 26.0 Å². The van der Waals surface area contributed by atoms with Gasteiger partial charge in [-0.1, -0.05) is 11.2 Å². The Bertz CT molecular complexity index is 932. The van der Waals surface area contributed by atoms with Gasteiger partial charge in [0, 0.05) is 24.6 Å². The molecule has 0 aliphatic carbocycles. The molecule has 26 heavy (non-hydrogen) atoms. The molecular weight excluding hydrogens is 334 g/mol. The number of carbonyl (C=O) groups is 1. The second kappa shape index (κ2) is 6.80. The molecule has 8 nitrogen and oxygen atoms in total. The summed E-state index contributed by atoms with van der Waals surface area (Å²) in [6.07, 6.45) is 2.57. The number of nitrogens with one attached hydrogen (secondary N) is 2. The van der Waals surface area contributed by atoms with E-state index in [1.54, 1.807) is 0 Å². The number of anilines is 1. The molecular formula is C18H21N5O3. The summed E-state index contributed by atoms with van der Waals surface area (Å²) >= 11 is 0. The molecule has 8 heteroatoms. The Hall–Kier alpha value is -2.87. The van der Waals surface area contributed by atoms with E-state index < -0.39 is 0 Å². The zero-order valence-electron chi connectivity index (χ0n) is 14.7. The van der Waals surface area contributed by atoms with E-state index in [2.05, 4.69) is 20.8 Å². The highest BCUT2D eigenvalue weighted by molar-refractivity contribution is 5.89. The number of urea groups is 1. The Morgan fingerprint density at radius 1 is 1.31 bits per heavy atom. The summed E-state index contributed by atoms with van der Waals surface area (Å²) in [6, 6.07) is 7.18. The number of hydrogen-bond acceptors (Lipinski definition) is 5. The third-order valence-electron chi connectivity index (χ3n) is 4.51. The normalized spacial score (nSPS) is 19.8. The van der Waals surface area contributed by atoms with Crippen molar-refractivity contribution in [3.8, 4) is 0 Å². The van der Waals surface area contributed by atoms with E-state index in [1.165, 1.54) is 0 Å². The van der Waals surface area contributed by atoms with Gasteiger partial charge in [0.15, 0.2) is 0 Å². The molecule has 3 aromatic rings. The summed E-state index contributed by atoms with van der Waals surface area (Å²) in [4.78, 5) is 16.9. The molecule has 2 amide bonds. The molecule has 1 saturated heterocycles. The molecule has 3 aromatic heterocycles. The monoisotopic (exact) mass is 355 g/mol. The Balaban J connectivity index is 1.42. The van der Waals surface area contributed by atoms with E-state index in [9.17, 15) is 4.79 Å². The average molecular weight is 355 g/mol. The van der Waals surface area contributed by atoms with E-state index in [0.29, 0.717) is 25.5 Å². The Morgan fingerprint density at radius 2 is 2.19 bits per heavy atom. The number of carbonyl (C=O) groups excluding carboxylic acids is 1. The van der Waals surface area contributed by atoms with Crippen molar-refractivity contribution in [2.45, 2.75) is 26.3 Å². The number of hydrogen-bond donors (Lipinski definition) is 2. The number of rotatable bonds is 4. The van der Waals surface area contributed by atoms with E-state index in [-0.39, 0.29) is 18.0 Å². The fraction of sp³-hybridized carbons (Fsp3) is 0.389. The van der Waals surface area contributed by atoms with Crippen LogP contribution in [0.15, 0.2) is 35.0 Å². The molecule has 136 valence electrons. The summed E-state index contributed by atoms with van der Waals surface area (Å²) < 4.78 is 12.7. The van der Waals surface area contributed by atoms with Crippen molar-refractivity contribution >= 4 is 17.5 Å². The van der Waals surface area contributed by atoms with Crippen LogP contribution in [0, 0.1) is 19.8 Å². The molecule has 0 radical (unpaired) electrons. The van der Waals surface area contributed by atoms with Crippen molar-refractivity contribution < 1.29 is 14.1 Å². The molecule has 1 aliphatic rings. The van der Waals surface area contributed by atoms with Crippen LogP contribution in [0.1, 0.15) is 17.1 Å². The SMILES string of the molecule is Cc1cc(C[C@H]2COC[C@H]2NC(=O)Nc2cccc3nc(C)cn23)on1. The first kappa shape index (κ1) is 16.6. The molecule has 4 heterocycles. The maximum atomic E-state index is 12.5. The van der Waals surface area contributed by atoms with E-state index >= 15 is 0 Å². The van der Waals surface area contributed by atoms with Gasteiger partial charge in [0.25, 0.3) is 0 Å². The summed E-state index contributed by atoms with van der Waals surface area (Å²) in [5, 5.41) is 9.81. The highest BCUT2D eigenvalue weighted by Crippen LogP contribution is 2.20. The first-order valence-corrected chi connectivity index (χ1v) is 8.60. The van der Waals surface area contributed by atoms with Crippen LogP contribution in [0.3, 0.4) is 0 Å². The van der Waals surface area contributed by atoms with Crippen molar-refractivity contribution in [3.63, 3.8) is 0 Å². The van der Waals surface area contributed by atoms with Gasteiger partial charge >= 0.3 is 6.03 Å². The largest absolute Gasteiger partial charge is 0.379 e. The van der Waals surface area contributed by atoms with E-state index in [4.69, 9.17) is 9.26 Å². The molecule has 1 fully saturated rings. The number of ether oxygens (including phenoxy) is 1. The summed E-state index contributed by atoms with van der Waals surface area (Å²) in [5.41, 5.74) is 2.54. The number of amides is 2. The predicted octanol–water partition coefficient (Wildman–Crippen LogP) is 2.32. The van der Waals surface area contributed by atoms with E-state index in [1.807, 2.05) is 48.7 Å². The van der Waals surface area contributed by atoms with E-state index in [0.717, 1.165) is 22.8 Å². The summed E-state index contributed by atoms with van der Waals surface area (Å²) in [6.45, 7) is 4.88. The number of pyridine rings is 1. The summed E-state index contributed by atoms with van der Waals surface area (Å²) in [7, 11) is 0. The van der Waals surface area contributed by atoms with Crippen LogP contribution in [-0.4, -0.2) is 39.8 Å². The van der Waals surface area contributed by atoms with Crippen molar-refractivity contribution in [2.24, 2.45) is 5.92 Å². The van der Waals surface area contributed by atoms with Crippen LogP contribution >= 0.6 is 0 Å². The lowest BCUT2D eigenvalue weighted by Crippen LogP contribution is -2.43. The first-order chi connectivity index (χ1) is 12.6. The topological polar surface area (TPSA) is 93.7 Å². The quantitative estimate of drug-likeness (QED) is 0.749. The maximum absolute atomic E-state index is 12.5. The van der Waals surface area contributed by atoms with Gasteiger partial charge < -0.3 is 14.6 Å². The molecule has 0 unspecified atom stereocenters. The Labute approximate surface area is 150 Å². The third kappa shape index (κ3) is 3.41. The van der Waals surface area contributed by atoms with Gasteiger partial charge in [-0.3, -0.25) is 9.72 Å². The van der Waals surface area contributed by atoms with Crippen molar-refractivity contribution in [2.75, 3.05) is 18.5 Å². The number of aryl methyl sites for hydroxylation is 2. The second-order valence-electron chi connectivity index (χ2n) is 6.66. The first-order valence-electron chi connectivity index (χ1n) is 8.60. The Kier molecular flexibility index (Phi) is 4.34. The molecule has 0 aromatic carbocycles. The molecule has 0 spiro atoms. The fourth-order valence-corrected chi connectivity index (χ4v) is 3.29. The molecule has 0 saturated carbocycles. The van der Waals surface area contributed by atoms with Crippen LogP contribution in [0.5, 0.6) is 0 Å². The average Bonchev–Trinajstić information content (AvgIpc) is 3.29. The molecule has 0 bridgehead atoms. The standard InChI is InChI=1S/C18H21N5O3/c1-11-6-14(26-22-11)7-13-9-25-10-15(13)20-18(24)21-17-5-3-4-16-19-12(2)8-23(16)17/h3-6,8,13,15H,7,9-10H2,1-2H3,(H2,20,21,24)/t13-,15+/m0/s1. The van der Waals surface area contributed by atoms with Gasteiger partial charge in [-0.15, -0.1) is 0 Å². The summed E-state index contributed by atoms with van der Waals surface area (Å²) in [5.74, 6) is 1.63. The minimum absolute atomic E-state index is 0.0795. The van der Waals surface area contributed by atoms with Crippen LogP contribution in [0.25, 0.3) is 5.65 Å². The lowest BCUT2D eigenvalue weighted by Gasteiger charge is -2.18. The minimum Gasteiger partial charge on any atom is -0.379 e. The van der Waals surface area contributed by atoms with Gasteiger partial charge in [0.1, 0.15) is 17.2 Å². The van der Waals surface area contributed by atoms with Gasteiger partial charge in [0.05, 0.1) is 30.6 Å². The second-order valence-corrected chi connectivity index (χ2v) is 6.66. The highest BCUT2D eigenvalue weighted by atomic mass is 16.5. The van der Waals surface area contributed by atoms with Gasteiger partial charge in [0.2, 0.25) is 0 Å². The smallest absolute Gasteiger partial charge is 0.320 e. The van der Waals surface area contributed by atoms with Crippen molar-refractivity contribution in [1.82, 2.24) is 19.9 Å². The zero-order valence-corrected chi connectivity index (χ0v) is 14.7. The maximum Gasteiger partial charge on any atom is 0.320 e. The number of nitrogens with zero attached hydrogens (tertiary/aromatic N) is 3. The zero-order chi connectivity index (χ0) is 18.1. The van der Waals surface area contributed by atoms with Crippen LogP contribution < -0.4 is 10.6 Å². The lowest BCUT2D eigenvalue weighted by atomic mass is 9.98. The van der Waals surface area contributed by atoms with Crippen molar-refractivity contribution in [3.05, 3.63) is 47.6 Å². The third-order valence-corrected chi connectivity index (χ3v) is 4.51. The number of fused-ring (bicyclic) bond motifs is 1. The van der Waals surface area contributed by atoms with Crippen LogP contribution in [-0.2, 0) is 11.2 Å². The van der Waals surface area contributed by atoms with Crippen molar-refractivity contribution in [1.29, 1.82) is 0 Å². The predicted molar refractivity (Wildman–Crippen MR) is 95.1 cm³/mol. The number of aromatic nitrogens is 3. The van der Waals surface area contributed by atoms with Crippen LogP contribution in [0.2, 0.25) is 0 Å². The molecule has 2 atom stereocenters. The minimum atomic E-state index is -0.266. The van der Waals surface area contributed by atoms with Gasteiger partial charge in [-0.25, -0.2) is 9.78 Å². The van der Waals surface area contributed by atoms with Crippen LogP contribution in [0.4, 0.5) is 10.6 Å².